The Labute approximate surface area is 350 Å². The number of halogens is 2. The Morgan fingerprint density at radius 3 is 1.20 bits per heavy atom. The molecule has 0 radical (unpaired) electrons. The molecule has 7 aromatic carbocycles. The predicted octanol–water partition coefficient (Wildman–Crippen LogP) is 14.6. The molecule has 0 unspecified atom stereocenters. The van der Waals surface area contributed by atoms with Crippen molar-refractivity contribution >= 4 is 49.6 Å². The summed E-state index contributed by atoms with van der Waals surface area (Å²) in [6, 6.07) is 54.8. The molecule has 0 amide bonds. The fraction of sp³-hybridized carbons (Fsp3) is 0.176. The summed E-state index contributed by atoms with van der Waals surface area (Å²) in [6.07, 6.45) is 10.0. The Bertz CT molecular complexity index is 2160. The molecule has 0 saturated carbocycles. The van der Waals surface area contributed by atoms with Crippen LogP contribution in [0.25, 0.3) is 43.8 Å². The molecule has 8 rings (SSSR count). The van der Waals surface area contributed by atoms with E-state index in [9.17, 15) is 0 Å². The third kappa shape index (κ3) is 10.4. The molecule has 3 heteroatoms. The summed E-state index contributed by atoms with van der Waals surface area (Å²) in [4.78, 5) is 0. The Morgan fingerprint density at radius 1 is 0.537 bits per heavy atom. The predicted molar refractivity (Wildman–Crippen MR) is 237 cm³/mol. The molecule has 7 aromatic rings. The minimum atomic E-state index is 0. The molecular formula is C51H50Cl2Zr. The van der Waals surface area contributed by atoms with E-state index in [4.69, 9.17) is 0 Å². The third-order valence-electron chi connectivity index (χ3n) is 9.48. The van der Waals surface area contributed by atoms with Gasteiger partial charge in [0.15, 0.2) is 0 Å². The van der Waals surface area contributed by atoms with E-state index in [1.54, 1.807) is 0 Å². The molecule has 0 fully saturated rings. The topological polar surface area (TPSA) is 0 Å². The summed E-state index contributed by atoms with van der Waals surface area (Å²) in [5.74, 6) is 0. The Balaban J connectivity index is 0.000000255. The standard InChI is InChI=1S/C33H33.C13H10.C5H5.2ClH.Zr/c1-32(2,3)30-20-26-24(18-28(30)22-13-9-7-10-14-22)17-25-19-29(23-15-11-8-12-16-23)31(21-27(25)26)33(4,5)6;1-3-7-12(8-4-1)11-13-9-5-2-6-10-13;1-2-4-5-3-1;;;/h7-21H,1-6H3;1-10H;1-3H,4H2;2*1H;/q-1;;-1;;;+2. The maximum atomic E-state index is 2.99. The fourth-order valence-electron chi connectivity index (χ4n) is 6.78. The number of allylic oxidation sites excluding steroid dienone is 4. The van der Waals surface area contributed by atoms with Gasteiger partial charge in [-0.2, -0.15) is 6.08 Å². The second-order valence-corrected chi connectivity index (χ2v) is 16.7. The van der Waals surface area contributed by atoms with Gasteiger partial charge in [-0.05, 0) is 44.2 Å². The van der Waals surface area contributed by atoms with Crippen LogP contribution in [-0.4, -0.2) is 3.21 Å². The van der Waals surface area contributed by atoms with Crippen LogP contribution >= 0.6 is 24.8 Å². The van der Waals surface area contributed by atoms with E-state index < -0.39 is 0 Å². The molecule has 0 heterocycles. The zero-order valence-corrected chi connectivity index (χ0v) is 36.3. The first-order chi connectivity index (χ1) is 25.0. The van der Waals surface area contributed by atoms with Gasteiger partial charge in [0.05, 0.1) is 0 Å². The van der Waals surface area contributed by atoms with Gasteiger partial charge in [0.1, 0.15) is 0 Å². The fourth-order valence-corrected chi connectivity index (χ4v) is 7.60. The molecule has 0 bridgehead atoms. The molecule has 1 aliphatic rings. The van der Waals surface area contributed by atoms with Crippen molar-refractivity contribution in [2.45, 2.75) is 58.8 Å². The Hall–Kier alpha value is -4.00. The number of hydrogen-bond donors (Lipinski definition) is 0. The average Bonchev–Trinajstić information content (AvgIpc) is 3.86. The SMILES string of the molecule is CC(C)(C)c1cc2c(cc1-c1ccccc1)[cH-]c1cc(-c3ccccc3)c(C(C)(C)C)cc12.Cl.Cl.[C-]1=CC=CC1.[Zr+2]=[C](c1ccccc1)c1ccccc1. The number of hydrogen-bond acceptors (Lipinski definition) is 0. The van der Waals surface area contributed by atoms with Gasteiger partial charge in [-0.1, -0.05) is 114 Å². The molecule has 0 aromatic heterocycles. The number of fused-ring (bicyclic) bond motifs is 3. The first-order valence-electron chi connectivity index (χ1n) is 18.2. The van der Waals surface area contributed by atoms with Crippen LogP contribution in [0.2, 0.25) is 0 Å². The van der Waals surface area contributed by atoms with Crippen LogP contribution in [0, 0.1) is 6.08 Å². The molecule has 54 heavy (non-hydrogen) atoms. The second kappa shape index (κ2) is 19.0. The zero-order chi connectivity index (χ0) is 36.7. The zero-order valence-electron chi connectivity index (χ0n) is 32.2. The van der Waals surface area contributed by atoms with Crippen molar-refractivity contribution < 1.29 is 24.2 Å². The normalized spacial score (nSPS) is 11.9. The van der Waals surface area contributed by atoms with E-state index in [1.165, 1.54) is 93.5 Å². The van der Waals surface area contributed by atoms with Gasteiger partial charge in [-0.3, -0.25) is 6.08 Å². The molecule has 272 valence electrons. The van der Waals surface area contributed by atoms with Crippen molar-refractivity contribution in [3.8, 4) is 22.3 Å². The molecule has 0 saturated heterocycles. The third-order valence-corrected chi connectivity index (χ3v) is 10.9. The Kier molecular flexibility index (Phi) is 15.1. The van der Waals surface area contributed by atoms with Gasteiger partial charge >= 0.3 is 99.2 Å². The van der Waals surface area contributed by atoms with Crippen molar-refractivity contribution in [3.63, 3.8) is 0 Å². The molecule has 0 N–H and O–H groups in total. The van der Waals surface area contributed by atoms with Crippen LogP contribution in [0.3, 0.4) is 0 Å². The van der Waals surface area contributed by atoms with Crippen LogP contribution in [0.4, 0.5) is 0 Å². The van der Waals surface area contributed by atoms with Crippen LogP contribution in [0.5, 0.6) is 0 Å². The van der Waals surface area contributed by atoms with Crippen molar-refractivity contribution in [3.05, 3.63) is 198 Å². The molecular weight excluding hydrogens is 775 g/mol. The van der Waals surface area contributed by atoms with E-state index in [0.717, 1.165) is 6.42 Å². The molecule has 1 aliphatic carbocycles. The van der Waals surface area contributed by atoms with E-state index in [-0.39, 0.29) is 35.6 Å². The molecule has 0 aliphatic heterocycles. The van der Waals surface area contributed by atoms with Crippen molar-refractivity contribution in [1.82, 2.24) is 0 Å². The Morgan fingerprint density at radius 2 is 0.907 bits per heavy atom. The van der Waals surface area contributed by atoms with E-state index in [0.29, 0.717) is 0 Å². The van der Waals surface area contributed by atoms with E-state index in [2.05, 4.69) is 205 Å². The first kappa shape index (κ1) is 42.7. The molecule has 0 atom stereocenters. The summed E-state index contributed by atoms with van der Waals surface area (Å²) in [7, 11) is 0. The summed E-state index contributed by atoms with van der Waals surface area (Å²) >= 11 is 1.46. The average molecular weight is 825 g/mol. The van der Waals surface area contributed by atoms with Crippen LogP contribution < -0.4 is 0 Å². The minimum absolute atomic E-state index is 0. The van der Waals surface area contributed by atoms with Crippen LogP contribution in [-0.2, 0) is 35.1 Å². The summed E-state index contributed by atoms with van der Waals surface area (Å²) in [5, 5.41) is 5.36. The van der Waals surface area contributed by atoms with E-state index in [1.807, 2.05) is 12.2 Å². The van der Waals surface area contributed by atoms with Crippen molar-refractivity contribution in [2.24, 2.45) is 0 Å². The number of benzene rings is 6. The number of rotatable bonds is 4. The van der Waals surface area contributed by atoms with E-state index >= 15 is 0 Å². The van der Waals surface area contributed by atoms with Crippen molar-refractivity contribution in [2.75, 3.05) is 0 Å². The van der Waals surface area contributed by atoms with Crippen molar-refractivity contribution in [1.29, 1.82) is 0 Å². The van der Waals surface area contributed by atoms with Gasteiger partial charge in [0.25, 0.3) is 0 Å². The van der Waals surface area contributed by atoms with Gasteiger partial charge < -0.3 is 0 Å². The van der Waals surface area contributed by atoms with Crippen LogP contribution in [0.15, 0.2) is 170 Å². The molecule has 0 nitrogen and oxygen atoms in total. The first-order valence-corrected chi connectivity index (χ1v) is 19.5. The van der Waals surface area contributed by atoms with Gasteiger partial charge in [0, 0.05) is 0 Å². The van der Waals surface area contributed by atoms with Gasteiger partial charge in [-0.15, -0.1) is 71.0 Å². The quantitative estimate of drug-likeness (QED) is 0.155. The monoisotopic (exact) mass is 822 g/mol. The summed E-state index contributed by atoms with van der Waals surface area (Å²) in [6.45, 7) is 13.9. The second-order valence-electron chi connectivity index (χ2n) is 15.5. The van der Waals surface area contributed by atoms with Gasteiger partial charge in [0.2, 0.25) is 0 Å². The maximum absolute atomic E-state index is 2.99. The summed E-state index contributed by atoms with van der Waals surface area (Å²) < 4.78 is 1.42. The van der Waals surface area contributed by atoms with Crippen LogP contribution in [0.1, 0.15) is 70.2 Å². The van der Waals surface area contributed by atoms with Gasteiger partial charge in [-0.25, -0.2) is 12.2 Å². The molecule has 0 spiro atoms. The summed E-state index contributed by atoms with van der Waals surface area (Å²) in [5.41, 5.74) is 10.8.